The summed E-state index contributed by atoms with van der Waals surface area (Å²) in [7, 11) is 0. The Hall–Kier alpha value is -0.380. The molecule has 1 fully saturated rings. The molecule has 1 atom stereocenters. The highest BCUT2D eigenvalue weighted by atomic mass is 127. The van der Waals surface area contributed by atoms with E-state index in [0.717, 1.165) is 58.3 Å². The van der Waals surface area contributed by atoms with Crippen molar-refractivity contribution in [2.75, 3.05) is 45.9 Å². The zero-order valence-corrected chi connectivity index (χ0v) is 20.9. The van der Waals surface area contributed by atoms with Crippen LogP contribution in [0.3, 0.4) is 0 Å². The average molecular weight is 523 g/mol. The smallest absolute Gasteiger partial charge is 0.191 e. The molecule has 2 N–H and O–H groups in total. The summed E-state index contributed by atoms with van der Waals surface area (Å²) >= 11 is 1.86. The van der Waals surface area contributed by atoms with Gasteiger partial charge in [-0.15, -0.1) is 35.3 Å². The van der Waals surface area contributed by atoms with E-state index in [1.165, 1.54) is 24.3 Å². The van der Waals surface area contributed by atoms with E-state index in [0.29, 0.717) is 11.8 Å². The highest BCUT2D eigenvalue weighted by Crippen LogP contribution is 2.20. The van der Waals surface area contributed by atoms with Gasteiger partial charge in [-0.2, -0.15) is 0 Å². The molecule has 0 aliphatic carbocycles. The van der Waals surface area contributed by atoms with Crippen LogP contribution in [0.1, 0.15) is 44.9 Å². The maximum absolute atomic E-state index is 5.64. The predicted octanol–water partition coefficient (Wildman–Crippen LogP) is 4.20. The summed E-state index contributed by atoms with van der Waals surface area (Å²) in [6, 6.07) is 4.39. The molecular formula is C21H39IN4OS. The van der Waals surface area contributed by atoms with E-state index in [1.54, 1.807) is 0 Å². The van der Waals surface area contributed by atoms with E-state index in [1.807, 2.05) is 11.3 Å². The van der Waals surface area contributed by atoms with E-state index in [2.05, 4.69) is 53.8 Å². The van der Waals surface area contributed by atoms with Crippen LogP contribution in [0, 0.1) is 11.8 Å². The van der Waals surface area contributed by atoms with Crippen LogP contribution in [0.2, 0.25) is 0 Å². The first-order valence-corrected chi connectivity index (χ1v) is 11.4. The lowest BCUT2D eigenvalue weighted by Gasteiger charge is -2.31. The maximum atomic E-state index is 5.64. The summed E-state index contributed by atoms with van der Waals surface area (Å²) in [5.41, 5.74) is 0. The predicted molar refractivity (Wildman–Crippen MR) is 132 cm³/mol. The van der Waals surface area contributed by atoms with Crippen LogP contribution in [0.15, 0.2) is 22.5 Å². The fraction of sp³-hybridized carbons (Fsp3) is 0.762. The monoisotopic (exact) mass is 522 g/mol. The minimum absolute atomic E-state index is 0. The van der Waals surface area contributed by atoms with Gasteiger partial charge >= 0.3 is 0 Å². The minimum atomic E-state index is 0. The standard InChI is InChI=1S/C21H38N4OS.HI/c1-4-22-21(23-10-7-12-26-17-18(2)3)24-14-19-8-5-11-25(15-19)16-20-9-6-13-27-20;/h6,9,13,18-19H,4-5,7-8,10-12,14-17H2,1-3H3,(H2,22,23,24);1H. The van der Waals surface area contributed by atoms with Gasteiger partial charge in [-0.3, -0.25) is 9.89 Å². The zero-order chi connectivity index (χ0) is 19.3. The lowest BCUT2D eigenvalue weighted by molar-refractivity contribution is 0.108. The second-order valence-electron chi connectivity index (χ2n) is 7.79. The van der Waals surface area contributed by atoms with Gasteiger partial charge in [-0.25, -0.2) is 0 Å². The Morgan fingerprint density at radius 1 is 1.39 bits per heavy atom. The summed E-state index contributed by atoms with van der Waals surface area (Å²) in [5.74, 6) is 2.20. The molecule has 0 bridgehead atoms. The first-order valence-electron chi connectivity index (χ1n) is 10.5. The van der Waals surface area contributed by atoms with E-state index < -0.39 is 0 Å². The Morgan fingerprint density at radius 3 is 2.96 bits per heavy atom. The molecule has 28 heavy (non-hydrogen) atoms. The van der Waals surface area contributed by atoms with Gasteiger partial charge < -0.3 is 15.4 Å². The first kappa shape index (κ1) is 25.7. The van der Waals surface area contributed by atoms with Crippen LogP contribution in [0.25, 0.3) is 0 Å². The Labute approximate surface area is 192 Å². The largest absolute Gasteiger partial charge is 0.381 e. The number of piperidine rings is 1. The molecule has 0 radical (unpaired) electrons. The van der Waals surface area contributed by atoms with Gasteiger partial charge in [0.2, 0.25) is 0 Å². The van der Waals surface area contributed by atoms with Gasteiger partial charge in [0.1, 0.15) is 0 Å². The van der Waals surface area contributed by atoms with Crippen LogP contribution >= 0.6 is 35.3 Å². The van der Waals surface area contributed by atoms with Crippen molar-refractivity contribution in [3.63, 3.8) is 0 Å². The summed E-state index contributed by atoms with van der Waals surface area (Å²) in [4.78, 5) is 8.90. The number of nitrogens with one attached hydrogen (secondary N) is 2. The number of nitrogens with zero attached hydrogens (tertiary/aromatic N) is 2. The Morgan fingerprint density at radius 2 is 2.25 bits per heavy atom. The molecule has 7 heteroatoms. The normalized spacial score (nSPS) is 18.1. The topological polar surface area (TPSA) is 48.9 Å². The number of thiophene rings is 1. The number of likely N-dealkylation sites (tertiary alicyclic amines) is 1. The molecule has 5 nitrogen and oxygen atoms in total. The number of aliphatic imine (C=N–C) groups is 1. The number of hydrogen-bond donors (Lipinski definition) is 2. The molecule has 1 saturated heterocycles. The van der Waals surface area contributed by atoms with Gasteiger partial charge in [-0.05, 0) is 56.0 Å². The average Bonchev–Trinajstić information content (AvgIpc) is 3.15. The van der Waals surface area contributed by atoms with Crippen molar-refractivity contribution in [3.8, 4) is 0 Å². The number of guanidine groups is 1. The lowest BCUT2D eigenvalue weighted by atomic mass is 9.98. The second kappa shape index (κ2) is 15.5. The molecule has 2 rings (SSSR count). The Bertz CT molecular complexity index is 524. The second-order valence-corrected chi connectivity index (χ2v) is 8.82. The molecule has 1 aliphatic rings. The molecule has 2 heterocycles. The van der Waals surface area contributed by atoms with Gasteiger partial charge in [-0.1, -0.05) is 19.9 Å². The lowest BCUT2D eigenvalue weighted by Crippen LogP contribution is -2.40. The van der Waals surface area contributed by atoms with E-state index >= 15 is 0 Å². The van der Waals surface area contributed by atoms with E-state index in [4.69, 9.17) is 9.73 Å². The van der Waals surface area contributed by atoms with Gasteiger partial charge in [0.25, 0.3) is 0 Å². The van der Waals surface area contributed by atoms with Crippen LogP contribution in [0.5, 0.6) is 0 Å². The zero-order valence-electron chi connectivity index (χ0n) is 17.8. The van der Waals surface area contributed by atoms with Gasteiger partial charge in [0, 0.05) is 50.8 Å². The molecule has 1 aliphatic heterocycles. The van der Waals surface area contributed by atoms with Crippen molar-refractivity contribution >= 4 is 41.3 Å². The number of ether oxygens (including phenoxy) is 1. The fourth-order valence-electron chi connectivity index (χ4n) is 3.33. The minimum Gasteiger partial charge on any atom is -0.381 e. The molecule has 0 amide bonds. The number of hydrogen-bond acceptors (Lipinski definition) is 4. The summed E-state index contributed by atoms with van der Waals surface area (Å²) in [6.07, 6.45) is 3.57. The molecule has 0 spiro atoms. The molecule has 1 aromatic rings. The van der Waals surface area contributed by atoms with Crippen LogP contribution in [-0.2, 0) is 11.3 Å². The number of rotatable bonds is 11. The highest BCUT2D eigenvalue weighted by molar-refractivity contribution is 14.0. The summed E-state index contributed by atoms with van der Waals surface area (Å²) in [5, 5.41) is 8.98. The quantitative estimate of drug-likeness (QED) is 0.198. The van der Waals surface area contributed by atoms with Crippen molar-refractivity contribution in [2.24, 2.45) is 16.8 Å². The third-order valence-corrected chi connectivity index (χ3v) is 5.48. The van der Waals surface area contributed by atoms with Crippen molar-refractivity contribution in [2.45, 2.75) is 46.6 Å². The summed E-state index contributed by atoms with van der Waals surface area (Å²) < 4.78 is 5.64. The highest BCUT2D eigenvalue weighted by Gasteiger charge is 2.20. The van der Waals surface area contributed by atoms with Crippen molar-refractivity contribution in [3.05, 3.63) is 22.4 Å². The first-order chi connectivity index (χ1) is 13.2. The van der Waals surface area contributed by atoms with Gasteiger partial charge in [0.05, 0.1) is 0 Å². The Kier molecular flexibility index (Phi) is 14.2. The molecule has 1 aromatic heterocycles. The maximum Gasteiger partial charge on any atom is 0.191 e. The summed E-state index contributed by atoms with van der Waals surface area (Å²) in [6.45, 7) is 14.3. The van der Waals surface area contributed by atoms with Gasteiger partial charge in [0.15, 0.2) is 5.96 Å². The fourth-order valence-corrected chi connectivity index (χ4v) is 4.08. The number of halogens is 1. The molecular weight excluding hydrogens is 483 g/mol. The molecule has 0 aromatic carbocycles. The van der Waals surface area contributed by atoms with Crippen molar-refractivity contribution in [1.29, 1.82) is 0 Å². The molecule has 162 valence electrons. The van der Waals surface area contributed by atoms with E-state index in [-0.39, 0.29) is 24.0 Å². The van der Waals surface area contributed by atoms with Crippen LogP contribution in [0.4, 0.5) is 0 Å². The SMILES string of the molecule is CCNC(=NCC1CCCN(Cc2cccs2)C1)NCCCOCC(C)C.I. The molecule has 1 unspecified atom stereocenters. The third-order valence-electron chi connectivity index (χ3n) is 4.62. The molecule has 0 saturated carbocycles. The van der Waals surface area contributed by atoms with Crippen molar-refractivity contribution in [1.82, 2.24) is 15.5 Å². The van der Waals surface area contributed by atoms with Crippen molar-refractivity contribution < 1.29 is 4.74 Å². The van der Waals surface area contributed by atoms with Crippen LogP contribution < -0.4 is 10.6 Å². The van der Waals surface area contributed by atoms with Crippen LogP contribution in [-0.4, -0.2) is 56.8 Å². The Balaban J connectivity index is 0.00000392. The van der Waals surface area contributed by atoms with E-state index in [9.17, 15) is 0 Å². The third kappa shape index (κ3) is 11.0.